The molecule has 21 heavy (non-hydrogen) atoms. The number of ketones is 1. The molecule has 3 nitrogen and oxygen atoms in total. The number of benzene rings is 1. The van der Waals surface area contributed by atoms with Crippen LogP contribution in [0.5, 0.6) is 5.75 Å². The Hall–Kier alpha value is -1.35. The van der Waals surface area contributed by atoms with Crippen molar-refractivity contribution in [2.75, 3.05) is 20.7 Å². The molecule has 2 bridgehead atoms. The standard InChI is InChI=1S/C18H23NO2/c1-19-8-7-18-11-13(20)4-6-15(18)17(19)9-12-3-5-14(21-2)10-16(12)18/h3,5,10,15,17H,4,6-9,11H2,1-2H3/t15-,17-,18+/m0/s1. The number of hydrogen-bond acceptors (Lipinski definition) is 3. The van der Waals surface area contributed by atoms with Crippen LogP contribution >= 0.6 is 0 Å². The molecule has 0 aromatic heterocycles. The predicted molar refractivity (Wildman–Crippen MR) is 81.8 cm³/mol. The first kappa shape index (κ1) is 13.3. The molecule has 4 rings (SSSR count). The number of carbonyl (C=O) groups excluding carboxylic acids is 1. The Bertz CT molecular complexity index is 597. The average Bonchev–Trinajstić information content (AvgIpc) is 2.50. The summed E-state index contributed by atoms with van der Waals surface area (Å²) in [6, 6.07) is 7.10. The summed E-state index contributed by atoms with van der Waals surface area (Å²) in [6.07, 6.45) is 4.80. The number of carbonyl (C=O) groups is 1. The number of nitrogens with zero attached hydrogens (tertiary/aromatic N) is 1. The first-order valence-corrected chi connectivity index (χ1v) is 8.03. The average molecular weight is 285 g/mol. The summed E-state index contributed by atoms with van der Waals surface area (Å²) in [5.41, 5.74) is 2.91. The SMILES string of the molecule is COc1ccc2c(c1)[C@@]13CCN(C)[C@@H](C2)[C@@H]1CCC(=O)C3. The summed E-state index contributed by atoms with van der Waals surface area (Å²) in [5.74, 6) is 2.01. The maximum absolute atomic E-state index is 12.2. The third-order valence-electron chi connectivity index (χ3n) is 6.18. The molecule has 1 aliphatic heterocycles. The highest BCUT2D eigenvalue weighted by Gasteiger charge is 2.54. The van der Waals surface area contributed by atoms with Crippen LogP contribution in [-0.2, 0) is 16.6 Å². The fourth-order valence-corrected chi connectivity index (χ4v) is 5.12. The highest BCUT2D eigenvalue weighted by molar-refractivity contribution is 5.81. The largest absolute Gasteiger partial charge is 0.497 e. The number of likely N-dealkylation sites (tertiary alicyclic amines) is 1. The van der Waals surface area contributed by atoms with E-state index in [1.165, 1.54) is 11.1 Å². The Kier molecular flexibility index (Phi) is 2.90. The van der Waals surface area contributed by atoms with Crippen molar-refractivity contribution in [2.45, 2.75) is 43.6 Å². The molecule has 0 unspecified atom stereocenters. The lowest BCUT2D eigenvalue weighted by atomic mass is 9.52. The van der Waals surface area contributed by atoms with E-state index in [4.69, 9.17) is 4.74 Å². The number of fused-ring (bicyclic) bond motifs is 1. The molecule has 1 aromatic rings. The van der Waals surface area contributed by atoms with Crippen LogP contribution in [-0.4, -0.2) is 37.4 Å². The molecule has 3 aliphatic rings. The van der Waals surface area contributed by atoms with Gasteiger partial charge in [-0.15, -0.1) is 0 Å². The molecule has 1 aromatic carbocycles. The van der Waals surface area contributed by atoms with Crippen LogP contribution in [0.25, 0.3) is 0 Å². The fraction of sp³-hybridized carbons (Fsp3) is 0.611. The highest BCUT2D eigenvalue weighted by Crippen LogP contribution is 2.55. The molecule has 2 aliphatic carbocycles. The zero-order valence-electron chi connectivity index (χ0n) is 12.9. The monoisotopic (exact) mass is 285 g/mol. The van der Waals surface area contributed by atoms with Crippen molar-refractivity contribution in [3.8, 4) is 5.75 Å². The van der Waals surface area contributed by atoms with Crippen molar-refractivity contribution in [1.29, 1.82) is 0 Å². The van der Waals surface area contributed by atoms with Gasteiger partial charge in [0.2, 0.25) is 0 Å². The normalized spacial score (nSPS) is 35.0. The van der Waals surface area contributed by atoms with Gasteiger partial charge >= 0.3 is 0 Å². The van der Waals surface area contributed by atoms with Gasteiger partial charge in [-0.1, -0.05) is 6.07 Å². The van der Waals surface area contributed by atoms with Crippen molar-refractivity contribution in [3.63, 3.8) is 0 Å². The Morgan fingerprint density at radius 1 is 1.38 bits per heavy atom. The number of methoxy groups -OCH3 is 1. The van der Waals surface area contributed by atoms with E-state index in [9.17, 15) is 4.79 Å². The first-order valence-electron chi connectivity index (χ1n) is 8.03. The van der Waals surface area contributed by atoms with E-state index in [0.29, 0.717) is 17.7 Å². The number of piperidine rings is 1. The van der Waals surface area contributed by atoms with E-state index >= 15 is 0 Å². The number of ether oxygens (including phenoxy) is 1. The van der Waals surface area contributed by atoms with Gasteiger partial charge < -0.3 is 9.64 Å². The first-order chi connectivity index (χ1) is 10.1. The quantitative estimate of drug-likeness (QED) is 0.794. The summed E-state index contributed by atoms with van der Waals surface area (Å²) in [7, 11) is 3.97. The third-order valence-corrected chi connectivity index (χ3v) is 6.18. The summed E-state index contributed by atoms with van der Waals surface area (Å²) in [6.45, 7) is 1.10. The fourth-order valence-electron chi connectivity index (χ4n) is 5.12. The van der Waals surface area contributed by atoms with Crippen molar-refractivity contribution in [2.24, 2.45) is 5.92 Å². The molecule has 112 valence electrons. The lowest BCUT2D eigenvalue weighted by Crippen LogP contribution is -2.60. The van der Waals surface area contributed by atoms with E-state index in [0.717, 1.165) is 44.4 Å². The molecular weight excluding hydrogens is 262 g/mol. The molecule has 1 heterocycles. The minimum Gasteiger partial charge on any atom is -0.497 e. The minimum atomic E-state index is 0.0780. The zero-order valence-corrected chi connectivity index (χ0v) is 12.9. The van der Waals surface area contributed by atoms with Gasteiger partial charge in [-0.25, -0.2) is 0 Å². The van der Waals surface area contributed by atoms with E-state index in [1.54, 1.807) is 7.11 Å². The van der Waals surface area contributed by atoms with E-state index in [2.05, 4.69) is 30.1 Å². The van der Waals surface area contributed by atoms with Gasteiger partial charge in [0, 0.05) is 24.3 Å². The maximum atomic E-state index is 12.2. The van der Waals surface area contributed by atoms with Gasteiger partial charge in [0.1, 0.15) is 11.5 Å². The predicted octanol–water partition coefficient (Wildman–Crippen LogP) is 2.56. The van der Waals surface area contributed by atoms with Gasteiger partial charge in [-0.05, 0) is 62.0 Å². The molecule has 0 N–H and O–H groups in total. The lowest BCUT2D eigenvalue weighted by Gasteiger charge is -2.58. The molecular formula is C18H23NO2. The second kappa shape index (κ2) is 4.57. The topological polar surface area (TPSA) is 29.5 Å². The molecule has 2 fully saturated rings. The van der Waals surface area contributed by atoms with Crippen LogP contribution in [0.1, 0.15) is 36.8 Å². The van der Waals surface area contributed by atoms with E-state index in [1.807, 2.05) is 0 Å². The van der Waals surface area contributed by atoms with Crippen molar-refractivity contribution in [1.82, 2.24) is 4.90 Å². The Balaban J connectivity index is 1.90. The molecule has 0 spiro atoms. The van der Waals surface area contributed by atoms with Crippen LogP contribution in [0, 0.1) is 5.92 Å². The molecule has 1 saturated heterocycles. The van der Waals surface area contributed by atoms with Crippen LogP contribution in [0.15, 0.2) is 18.2 Å². The van der Waals surface area contributed by atoms with Gasteiger partial charge in [-0.2, -0.15) is 0 Å². The van der Waals surface area contributed by atoms with Crippen molar-refractivity contribution < 1.29 is 9.53 Å². The second-order valence-corrected chi connectivity index (χ2v) is 7.04. The van der Waals surface area contributed by atoms with E-state index < -0.39 is 0 Å². The number of likely N-dealkylation sites (N-methyl/N-ethyl adjacent to an activating group) is 1. The summed E-state index contributed by atoms with van der Waals surface area (Å²) in [5, 5.41) is 0. The number of hydrogen-bond donors (Lipinski definition) is 0. The molecule has 0 amide bonds. The van der Waals surface area contributed by atoms with Crippen LogP contribution < -0.4 is 4.74 Å². The smallest absolute Gasteiger partial charge is 0.133 e. The van der Waals surface area contributed by atoms with Gasteiger partial charge in [0.25, 0.3) is 0 Å². The summed E-state index contributed by atoms with van der Waals surface area (Å²) in [4.78, 5) is 14.7. The Labute approximate surface area is 126 Å². The van der Waals surface area contributed by atoms with Crippen LogP contribution in [0.2, 0.25) is 0 Å². The highest BCUT2D eigenvalue weighted by atomic mass is 16.5. The number of Topliss-reactive ketones (excluding diaryl/α,β-unsaturated/α-hetero) is 1. The second-order valence-electron chi connectivity index (χ2n) is 7.04. The van der Waals surface area contributed by atoms with Crippen molar-refractivity contribution >= 4 is 5.78 Å². The number of rotatable bonds is 1. The lowest BCUT2D eigenvalue weighted by molar-refractivity contribution is -0.126. The summed E-state index contributed by atoms with van der Waals surface area (Å²) < 4.78 is 5.45. The van der Waals surface area contributed by atoms with Crippen LogP contribution in [0.3, 0.4) is 0 Å². The van der Waals surface area contributed by atoms with Crippen molar-refractivity contribution in [3.05, 3.63) is 29.3 Å². The van der Waals surface area contributed by atoms with Gasteiger partial charge in [0.15, 0.2) is 0 Å². The van der Waals surface area contributed by atoms with Gasteiger partial charge in [0.05, 0.1) is 7.11 Å². The summed E-state index contributed by atoms with van der Waals surface area (Å²) >= 11 is 0. The zero-order chi connectivity index (χ0) is 14.6. The molecule has 3 heteroatoms. The Morgan fingerprint density at radius 3 is 3.05 bits per heavy atom. The van der Waals surface area contributed by atoms with Gasteiger partial charge in [-0.3, -0.25) is 4.79 Å². The van der Waals surface area contributed by atoms with Crippen LogP contribution in [0.4, 0.5) is 0 Å². The molecule has 3 atom stereocenters. The van der Waals surface area contributed by atoms with E-state index in [-0.39, 0.29) is 5.41 Å². The Morgan fingerprint density at radius 2 is 2.24 bits per heavy atom. The third kappa shape index (κ3) is 1.80. The maximum Gasteiger partial charge on any atom is 0.133 e. The molecule has 0 radical (unpaired) electrons. The minimum absolute atomic E-state index is 0.0780. The molecule has 1 saturated carbocycles.